The van der Waals surface area contributed by atoms with Crippen molar-refractivity contribution in [1.82, 2.24) is 10.3 Å². The van der Waals surface area contributed by atoms with Crippen LogP contribution in [0.3, 0.4) is 0 Å². The van der Waals surface area contributed by atoms with Crippen LogP contribution in [0.1, 0.15) is 31.2 Å². The zero-order valence-electron chi connectivity index (χ0n) is 11.5. The van der Waals surface area contributed by atoms with E-state index in [1.54, 1.807) is 0 Å². The van der Waals surface area contributed by atoms with E-state index >= 15 is 0 Å². The second kappa shape index (κ2) is 5.80. The topological polar surface area (TPSA) is 28.2 Å². The molecule has 1 aromatic rings. The van der Waals surface area contributed by atoms with Crippen molar-refractivity contribution in [2.45, 2.75) is 38.6 Å². The second-order valence-corrected chi connectivity index (χ2v) is 6.85. The van der Waals surface area contributed by atoms with E-state index in [4.69, 9.17) is 0 Å². The molecule has 2 aliphatic rings. The molecule has 1 atom stereocenters. The molecule has 0 spiro atoms. The molecule has 2 heterocycles. The van der Waals surface area contributed by atoms with Crippen LogP contribution in [0.4, 0.5) is 5.82 Å². The van der Waals surface area contributed by atoms with Crippen LogP contribution in [-0.2, 0) is 0 Å². The van der Waals surface area contributed by atoms with E-state index in [1.165, 1.54) is 43.6 Å². The minimum Gasteiger partial charge on any atom is -0.356 e. The summed E-state index contributed by atoms with van der Waals surface area (Å²) >= 11 is 3.49. The van der Waals surface area contributed by atoms with Crippen LogP contribution in [0.2, 0.25) is 0 Å². The Morgan fingerprint density at radius 2 is 2.26 bits per heavy atom. The number of piperidine rings is 1. The lowest BCUT2D eigenvalue weighted by Gasteiger charge is -2.34. The van der Waals surface area contributed by atoms with Crippen molar-refractivity contribution in [3.8, 4) is 0 Å². The van der Waals surface area contributed by atoms with E-state index in [0.717, 1.165) is 29.5 Å². The van der Waals surface area contributed by atoms with Crippen molar-refractivity contribution in [2.24, 2.45) is 5.92 Å². The molecule has 0 radical (unpaired) electrons. The van der Waals surface area contributed by atoms with Crippen LogP contribution < -0.4 is 10.2 Å². The Hall–Kier alpha value is -0.610. The highest BCUT2D eigenvalue weighted by Gasteiger charge is 2.25. The molecule has 1 aliphatic carbocycles. The maximum atomic E-state index is 4.60. The molecule has 1 unspecified atom stereocenters. The molecule has 1 aliphatic heterocycles. The normalized spacial score (nSPS) is 23.7. The Labute approximate surface area is 123 Å². The molecule has 2 fully saturated rings. The number of pyridine rings is 1. The van der Waals surface area contributed by atoms with Crippen molar-refractivity contribution < 1.29 is 0 Å². The molecular weight excluding hydrogens is 302 g/mol. The van der Waals surface area contributed by atoms with Gasteiger partial charge in [0.25, 0.3) is 0 Å². The third-order valence-corrected chi connectivity index (χ3v) is 4.54. The number of hydrogen-bond donors (Lipinski definition) is 1. The average Bonchev–Trinajstić information content (AvgIpc) is 3.21. The Balaban J connectivity index is 1.62. The molecule has 0 amide bonds. The van der Waals surface area contributed by atoms with Crippen molar-refractivity contribution in [1.29, 1.82) is 0 Å². The molecule has 3 nitrogen and oxygen atoms in total. The summed E-state index contributed by atoms with van der Waals surface area (Å²) in [6.45, 7) is 5.63. The molecule has 4 heteroatoms. The molecule has 1 aromatic heterocycles. The van der Waals surface area contributed by atoms with Gasteiger partial charge in [0, 0.05) is 29.8 Å². The SMILES string of the molecule is Cc1cc(Br)cnc1N1CCCC(CNC2CC2)C1. The van der Waals surface area contributed by atoms with E-state index in [9.17, 15) is 0 Å². The van der Waals surface area contributed by atoms with Crippen LogP contribution in [0.5, 0.6) is 0 Å². The highest BCUT2D eigenvalue weighted by Crippen LogP contribution is 2.26. The lowest BCUT2D eigenvalue weighted by Crippen LogP contribution is -2.40. The zero-order valence-corrected chi connectivity index (χ0v) is 13.1. The van der Waals surface area contributed by atoms with E-state index in [2.05, 4.69) is 44.1 Å². The van der Waals surface area contributed by atoms with Crippen LogP contribution in [0.25, 0.3) is 0 Å². The van der Waals surface area contributed by atoms with Gasteiger partial charge in [0.05, 0.1) is 0 Å². The van der Waals surface area contributed by atoms with Gasteiger partial charge in [0.15, 0.2) is 0 Å². The van der Waals surface area contributed by atoms with Crippen molar-refractivity contribution in [3.05, 3.63) is 22.3 Å². The fourth-order valence-corrected chi connectivity index (χ4v) is 3.35. The number of aryl methyl sites for hydroxylation is 1. The Morgan fingerprint density at radius 1 is 1.42 bits per heavy atom. The Bertz CT molecular complexity index is 445. The summed E-state index contributed by atoms with van der Waals surface area (Å²) in [7, 11) is 0. The zero-order chi connectivity index (χ0) is 13.2. The van der Waals surface area contributed by atoms with E-state index in [-0.39, 0.29) is 0 Å². The first kappa shape index (κ1) is 13.4. The van der Waals surface area contributed by atoms with Gasteiger partial charge in [-0.15, -0.1) is 0 Å². The fraction of sp³-hybridized carbons (Fsp3) is 0.667. The lowest BCUT2D eigenvalue weighted by molar-refractivity contribution is 0.389. The van der Waals surface area contributed by atoms with Gasteiger partial charge in [-0.2, -0.15) is 0 Å². The van der Waals surface area contributed by atoms with E-state index < -0.39 is 0 Å². The lowest BCUT2D eigenvalue weighted by atomic mass is 9.97. The fourth-order valence-electron chi connectivity index (χ4n) is 2.91. The van der Waals surface area contributed by atoms with Crippen LogP contribution >= 0.6 is 15.9 Å². The summed E-state index contributed by atoms with van der Waals surface area (Å²) in [6.07, 6.45) is 7.31. The van der Waals surface area contributed by atoms with Gasteiger partial charge in [0.2, 0.25) is 0 Å². The van der Waals surface area contributed by atoms with Crippen molar-refractivity contribution in [2.75, 3.05) is 24.5 Å². The van der Waals surface area contributed by atoms with E-state index in [1.807, 2.05) is 6.20 Å². The number of rotatable bonds is 4. The maximum Gasteiger partial charge on any atom is 0.131 e. The van der Waals surface area contributed by atoms with Gasteiger partial charge in [-0.3, -0.25) is 0 Å². The van der Waals surface area contributed by atoms with Gasteiger partial charge >= 0.3 is 0 Å². The first-order chi connectivity index (χ1) is 9.22. The predicted molar refractivity (Wildman–Crippen MR) is 82.6 cm³/mol. The molecule has 3 rings (SSSR count). The van der Waals surface area contributed by atoms with Crippen LogP contribution in [-0.4, -0.2) is 30.7 Å². The number of nitrogens with zero attached hydrogens (tertiary/aromatic N) is 2. The molecule has 1 saturated carbocycles. The van der Waals surface area contributed by atoms with Gasteiger partial charge in [-0.25, -0.2) is 4.98 Å². The molecule has 104 valence electrons. The standard InChI is InChI=1S/C15H22BrN3/c1-11-7-13(16)9-18-15(11)19-6-2-3-12(10-19)8-17-14-4-5-14/h7,9,12,14,17H,2-6,8,10H2,1H3. The summed E-state index contributed by atoms with van der Waals surface area (Å²) in [5, 5.41) is 3.67. The van der Waals surface area contributed by atoms with Gasteiger partial charge < -0.3 is 10.2 Å². The summed E-state index contributed by atoms with van der Waals surface area (Å²) in [4.78, 5) is 7.06. The first-order valence-corrected chi connectivity index (χ1v) is 8.12. The molecule has 0 aromatic carbocycles. The van der Waals surface area contributed by atoms with E-state index in [0.29, 0.717) is 0 Å². The van der Waals surface area contributed by atoms with Crippen LogP contribution in [0, 0.1) is 12.8 Å². The Morgan fingerprint density at radius 3 is 3.00 bits per heavy atom. The molecule has 0 bridgehead atoms. The highest BCUT2D eigenvalue weighted by molar-refractivity contribution is 9.10. The summed E-state index contributed by atoms with van der Waals surface area (Å²) in [5.41, 5.74) is 1.27. The highest BCUT2D eigenvalue weighted by atomic mass is 79.9. The third-order valence-electron chi connectivity index (χ3n) is 4.11. The van der Waals surface area contributed by atoms with Crippen LogP contribution in [0.15, 0.2) is 16.7 Å². The molecule has 19 heavy (non-hydrogen) atoms. The number of anilines is 1. The van der Waals surface area contributed by atoms with Gasteiger partial charge in [-0.1, -0.05) is 0 Å². The van der Waals surface area contributed by atoms with Gasteiger partial charge in [-0.05, 0) is 72.6 Å². The second-order valence-electron chi connectivity index (χ2n) is 5.93. The summed E-state index contributed by atoms with van der Waals surface area (Å²) < 4.78 is 1.07. The van der Waals surface area contributed by atoms with Gasteiger partial charge in [0.1, 0.15) is 5.82 Å². The molecular formula is C15H22BrN3. The number of nitrogens with one attached hydrogen (secondary N) is 1. The summed E-state index contributed by atoms with van der Waals surface area (Å²) in [6, 6.07) is 2.98. The maximum absolute atomic E-state index is 4.60. The minimum atomic E-state index is 0.777. The Kier molecular flexibility index (Phi) is 4.08. The minimum absolute atomic E-state index is 0.777. The number of aromatic nitrogens is 1. The van der Waals surface area contributed by atoms with Crippen molar-refractivity contribution in [3.63, 3.8) is 0 Å². The third kappa shape index (κ3) is 3.48. The summed E-state index contributed by atoms with van der Waals surface area (Å²) in [5.74, 6) is 1.94. The largest absolute Gasteiger partial charge is 0.356 e. The smallest absolute Gasteiger partial charge is 0.131 e. The molecule has 1 saturated heterocycles. The van der Waals surface area contributed by atoms with Crippen molar-refractivity contribution >= 4 is 21.7 Å². The predicted octanol–water partition coefficient (Wildman–Crippen LogP) is 3.12. The number of halogens is 1. The first-order valence-electron chi connectivity index (χ1n) is 7.33. The molecule has 1 N–H and O–H groups in total. The monoisotopic (exact) mass is 323 g/mol. The number of hydrogen-bond acceptors (Lipinski definition) is 3. The average molecular weight is 324 g/mol. The quantitative estimate of drug-likeness (QED) is 0.922.